The Morgan fingerprint density at radius 2 is 2.03 bits per heavy atom. The molecule has 0 aliphatic heterocycles. The van der Waals surface area contributed by atoms with E-state index in [4.69, 9.17) is 5.41 Å². The van der Waals surface area contributed by atoms with Crippen molar-refractivity contribution in [3.05, 3.63) is 87.3 Å². The molecule has 4 aromatic rings. The minimum atomic E-state index is -0.562. The zero-order valence-electron chi connectivity index (χ0n) is 16.7. The van der Waals surface area contributed by atoms with Gasteiger partial charge in [-0.25, -0.2) is 4.98 Å². The molecular weight excluding hydrogens is 428 g/mol. The molecule has 1 amide bonds. The number of phenolic OH excluding ortho intramolecular Hbond substituents is 1. The lowest BCUT2D eigenvalue weighted by Gasteiger charge is -2.20. The summed E-state index contributed by atoms with van der Waals surface area (Å²) in [6.07, 6.45) is 3.49. The molecule has 3 N–H and O–H groups in total. The number of para-hydroxylation sites is 1. The van der Waals surface area contributed by atoms with E-state index in [1.165, 1.54) is 11.3 Å². The van der Waals surface area contributed by atoms with E-state index in [0.29, 0.717) is 21.7 Å². The number of nitrogens with one attached hydrogen (secondary N) is 2. The Kier molecular flexibility index (Phi) is 6.20. The second-order valence-corrected chi connectivity index (χ2v) is 9.07. The van der Waals surface area contributed by atoms with Crippen molar-refractivity contribution in [3.63, 3.8) is 0 Å². The van der Waals surface area contributed by atoms with Crippen LogP contribution in [0.15, 0.2) is 66.3 Å². The smallest absolute Gasteiger partial charge is 0.261 e. The van der Waals surface area contributed by atoms with E-state index in [1.54, 1.807) is 66.2 Å². The summed E-state index contributed by atoms with van der Waals surface area (Å²) >= 11 is 2.94. The normalized spacial score (nSPS) is 11.8. The number of thiazole rings is 1. The quantitative estimate of drug-likeness (QED) is 0.338. The number of amides is 1. The summed E-state index contributed by atoms with van der Waals surface area (Å²) in [5.74, 6) is -0.174. The predicted molar refractivity (Wildman–Crippen MR) is 124 cm³/mol. The molecule has 1 aromatic carbocycles. The lowest BCUT2D eigenvalue weighted by Crippen LogP contribution is -2.29. The van der Waals surface area contributed by atoms with Crippen LogP contribution in [0.3, 0.4) is 0 Å². The molecule has 4 rings (SSSR count). The highest BCUT2D eigenvalue weighted by molar-refractivity contribution is 7.17. The molecule has 8 heteroatoms. The van der Waals surface area contributed by atoms with Crippen LogP contribution in [0.2, 0.25) is 0 Å². The summed E-state index contributed by atoms with van der Waals surface area (Å²) in [6.45, 7) is 1.95. The lowest BCUT2D eigenvalue weighted by molar-refractivity contribution is 0.0941. The minimum absolute atomic E-state index is 0.0802. The van der Waals surface area contributed by atoms with Crippen LogP contribution in [0, 0.1) is 12.3 Å². The molecule has 3 aromatic heterocycles. The van der Waals surface area contributed by atoms with Crippen molar-refractivity contribution in [2.75, 3.05) is 0 Å². The van der Waals surface area contributed by atoms with Crippen molar-refractivity contribution < 1.29 is 9.90 Å². The Hall–Kier alpha value is -3.36. The van der Waals surface area contributed by atoms with E-state index in [0.717, 1.165) is 15.6 Å². The number of aryl methyl sites for hydroxylation is 1. The van der Waals surface area contributed by atoms with Crippen molar-refractivity contribution in [2.45, 2.75) is 19.4 Å². The number of aromatic hydroxyl groups is 1. The van der Waals surface area contributed by atoms with E-state index in [-0.39, 0.29) is 18.1 Å². The summed E-state index contributed by atoms with van der Waals surface area (Å²) in [7, 11) is 0. The second kappa shape index (κ2) is 9.20. The minimum Gasteiger partial charge on any atom is -0.508 e. The first-order chi connectivity index (χ1) is 15.0. The number of hydrogen-bond donors (Lipinski definition) is 3. The molecule has 0 saturated carbocycles. The van der Waals surface area contributed by atoms with Gasteiger partial charge in [-0.3, -0.25) is 9.78 Å². The molecule has 31 heavy (non-hydrogen) atoms. The van der Waals surface area contributed by atoms with E-state index in [9.17, 15) is 9.90 Å². The third-order valence-electron chi connectivity index (χ3n) is 4.74. The number of benzene rings is 1. The Labute approximate surface area is 187 Å². The van der Waals surface area contributed by atoms with Gasteiger partial charge in [0.2, 0.25) is 0 Å². The first-order valence-electron chi connectivity index (χ1n) is 9.60. The van der Waals surface area contributed by atoms with E-state index >= 15 is 0 Å². The monoisotopic (exact) mass is 448 g/mol. The first-order valence-corrected chi connectivity index (χ1v) is 11.3. The zero-order valence-corrected chi connectivity index (χ0v) is 18.3. The van der Waals surface area contributed by atoms with Gasteiger partial charge in [-0.2, -0.15) is 0 Å². The van der Waals surface area contributed by atoms with Crippen LogP contribution in [0.25, 0.3) is 10.6 Å². The largest absolute Gasteiger partial charge is 0.508 e. The van der Waals surface area contributed by atoms with Gasteiger partial charge in [-0.15, -0.1) is 22.7 Å². The lowest BCUT2D eigenvalue weighted by atomic mass is 9.97. The maximum absolute atomic E-state index is 13.0. The second-order valence-electron chi connectivity index (χ2n) is 6.92. The van der Waals surface area contributed by atoms with Gasteiger partial charge < -0.3 is 15.8 Å². The Balaban J connectivity index is 1.57. The Bertz CT molecular complexity index is 1220. The number of nitrogens with zero attached hydrogens (tertiary/aromatic N) is 2. The molecule has 0 bridgehead atoms. The van der Waals surface area contributed by atoms with Crippen LogP contribution < -0.4 is 5.32 Å². The predicted octanol–water partition coefficient (Wildman–Crippen LogP) is 5.21. The number of hydrogen-bond acceptors (Lipinski definition) is 7. The molecule has 0 spiro atoms. The van der Waals surface area contributed by atoms with Crippen molar-refractivity contribution in [3.8, 4) is 16.3 Å². The number of rotatable bonds is 7. The summed E-state index contributed by atoms with van der Waals surface area (Å²) in [6, 6.07) is 13.5. The summed E-state index contributed by atoms with van der Waals surface area (Å²) in [5, 5.41) is 24.8. The molecule has 0 aliphatic carbocycles. The van der Waals surface area contributed by atoms with Gasteiger partial charge in [0.05, 0.1) is 26.5 Å². The van der Waals surface area contributed by atoms with Gasteiger partial charge in [0.25, 0.3) is 5.91 Å². The Morgan fingerprint density at radius 3 is 2.74 bits per heavy atom. The maximum Gasteiger partial charge on any atom is 0.261 e. The molecule has 3 heterocycles. The van der Waals surface area contributed by atoms with Crippen LogP contribution in [0.4, 0.5) is 0 Å². The molecule has 1 unspecified atom stereocenters. The van der Waals surface area contributed by atoms with Crippen LogP contribution >= 0.6 is 22.7 Å². The molecule has 0 aliphatic rings. The highest BCUT2D eigenvalue weighted by atomic mass is 32.1. The number of pyridine rings is 1. The van der Waals surface area contributed by atoms with Crippen LogP contribution in [0.5, 0.6) is 5.75 Å². The van der Waals surface area contributed by atoms with Gasteiger partial charge >= 0.3 is 0 Å². The molecule has 156 valence electrons. The fourth-order valence-corrected chi connectivity index (χ4v) is 4.75. The van der Waals surface area contributed by atoms with Crippen molar-refractivity contribution in [2.24, 2.45) is 0 Å². The topological polar surface area (TPSA) is 99.0 Å². The maximum atomic E-state index is 13.0. The highest BCUT2D eigenvalue weighted by Gasteiger charge is 2.22. The van der Waals surface area contributed by atoms with E-state index < -0.39 is 6.04 Å². The van der Waals surface area contributed by atoms with E-state index in [2.05, 4.69) is 15.3 Å². The Morgan fingerprint density at radius 1 is 1.19 bits per heavy atom. The fourth-order valence-electron chi connectivity index (χ4n) is 3.19. The van der Waals surface area contributed by atoms with Crippen LogP contribution in [0.1, 0.15) is 38.3 Å². The van der Waals surface area contributed by atoms with E-state index in [1.807, 2.05) is 18.4 Å². The fraction of sp³-hybridized carbons (Fsp3) is 0.130. The third kappa shape index (κ3) is 4.87. The van der Waals surface area contributed by atoms with Gasteiger partial charge in [0, 0.05) is 41.0 Å². The van der Waals surface area contributed by atoms with Crippen LogP contribution in [-0.2, 0) is 0 Å². The van der Waals surface area contributed by atoms with Crippen molar-refractivity contribution in [1.82, 2.24) is 15.3 Å². The highest BCUT2D eigenvalue weighted by Crippen LogP contribution is 2.31. The number of thiophene rings is 1. The van der Waals surface area contributed by atoms with Gasteiger partial charge in [-0.05, 0) is 31.2 Å². The number of carbonyl (C=O) groups is 1. The van der Waals surface area contributed by atoms with Crippen molar-refractivity contribution in [1.29, 1.82) is 5.41 Å². The molecule has 1 atom stereocenters. The molecule has 6 nitrogen and oxygen atoms in total. The average molecular weight is 449 g/mol. The van der Waals surface area contributed by atoms with Crippen LogP contribution in [-0.4, -0.2) is 26.7 Å². The van der Waals surface area contributed by atoms with Gasteiger partial charge in [-0.1, -0.05) is 24.3 Å². The summed E-state index contributed by atoms with van der Waals surface area (Å²) < 4.78 is 0. The molecular formula is C23H20N4O2S2. The standard InChI is InChI=1S/C23H20N4O2S2/c1-14-26-19(13-30-14)21-8-9-22(31-21)23(29)27-18(16-6-2-3-7-20(16)28)11-17(24)15-5-4-10-25-12-15/h2-10,12-13,18,24,28H,11H2,1H3,(H,27,29). The summed E-state index contributed by atoms with van der Waals surface area (Å²) in [4.78, 5) is 23.0. The SMILES string of the molecule is Cc1nc(-c2ccc(C(=O)NC(CC(=N)c3cccnc3)c3ccccc3O)s2)cs1. The molecule has 0 saturated heterocycles. The van der Waals surface area contributed by atoms with Gasteiger partial charge in [0.1, 0.15) is 5.75 Å². The molecule has 0 fully saturated rings. The number of carbonyl (C=O) groups excluding carboxylic acids is 1. The first kappa shape index (κ1) is 20.9. The molecule has 0 radical (unpaired) electrons. The number of aromatic nitrogens is 2. The number of phenols is 1. The summed E-state index contributed by atoms with van der Waals surface area (Å²) in [5.41, 5.74) is 2.43. The van der Waals surface area contributed by atoms with Gasteiger partial charge in [0.15, 0.2) is 0 Å². The average Bonchev–Trinajstić information content (AvgIpc) is 3.43. The third-order valence-corrected chi connectivity index (χ3v) is 6.62. The van der Waals surface area contributed by atoms with Crippen molar-refractivity contribution >= 4 is 34.3 Å². The zero-order chi connectivity index (χ0) is 21.8.